The van der Waals surface area contributed by atoms with Gasteiger partial charge in [0.05, 0.1) is 10.6 Å². The summed E-state index contributed by atoms with van der Waals surface area (Å²) in [6.07, 6.45) is 0. The molecule has 1 nitrogen and oxygen atoms in total. The SMILES string of the molecule is Cc1cccc(C(=O)c2ccc(Br)c(Cl)c2F)c1Br. The van der Waals surface area contributed by atoms with Crippen LogP contribution in [0.25, 0.3) is 0 Å². The number of ketones is 1. The highest BCUT2D eigenvalue weighted by Crippen LogP contribution is 2.30. The fourth-order valence-electron chi connectivity index (χ4n) is 1.67. The highest BCUT2D eigenvalue weighted by molar-refractivity contribution is 9.10. The molecule has 2 rings (SSSR count). The van der Waals surface area contributed by atoms with Gasteiger partial charge in [-0.25, -0.2) is 4.39 Å². The Balaban J connectivity index is 2.57. The van der Waals surface area contributed by atoms with Crippen molar-refractivity contribution in [1.29, 1.82) is 0 Å². The van der Waals surface area contributed by atoms with E-state index in [4.69, 9.17) is 11.6 Å². The topological polar surface area (TPSA) is 17.1 Å². The van der Waals surface area contributed by atoms with Crippen LogP contribution in [0.5, 0.6) is 0 Å². The zero-order valence-corrected chi connectivity index (χ0v) is 13.7. The van der Waals surface area contributed by atoms with E-state index in [9.17, 15) is 9.18 Å². The highest BCUT2D eigenvalue weighted by Gasteiger charge is 2.20. The summed E-state index contributed by atoms with van der Waals surface area (Å²) in [6, 6.07) is 8.25. The molecule has 0 aliphatic carbocycles. The van der Waals surface area contributed by atoms with Gasteiger partial charge in [-0.05, 0) is 62.5 Å². The van der Waals surface area contributed by atoms with Gasteiger partial charge in [-0.1, -0.05) is 23.7 Å². The van der Waals surface area contributed by atoms with Gasteiger partial charge in [0.15, 0.2) is 11.6 Å². The third-order valence-corrected chi connectivity index (χ3v) is 5.03. The highest BCUT2D eigenvalue weighted by atomic mass is 79.9. The zero-order valence-electron chi connectivity index (χ0n) is 9.81. The summed E-state index contributed by atoms with van der Waals surface area (Å²) in [7, 11) is 0. The van der Waals surface area contributed by atoms with E-state index in [-0.39, 0.29) is 10.6 Å². The van der Waals surface area contributed by atoms with Crippen LogP contribution >= 0.6 is 43.5 Å². The molecule has 0 heterocycles. The predicted molar refractivity (Wildman–Crippen MR) is 81.4 cm³/mol. The Morgan fingerprint density at radius 2 is 1.84 bits per heavy atom. The molecule has 2 aromatic carbocycles. The van der Waals surface area contributed by atoms with Crippen molar-refractivity contribution in [2.75, 3.05) is 0 Å². The van der Waals surface area contributed by atoms with Crippen LogP contribution in [0.4, 0.5) is 4.39 Å². The van der Waals surface area contributed by atoms with Crippen molar-refractivity contribution in [3.8, 4) is 0 Å². The normalized spacial score (nSPS) is 10.6. The summed E-state index contributed by atoms with van der Waals surface area (Å²) >= 11 is 12.3. The third kappa shape index (κ3) is 2.76. The summed E-state index contributed by atoms with van der Waals surface area (Å²) < 4.78 is 15.1. The Morgan fingerprint density at radius 1 is 1.16 bits per heavy atom. The van der Waals surface area contributed by atoms with Gasteiger partial charge >= 0.3 is 0 Å². The second-order valence-electron chi connectivity index (χ2n) is 3.99. The molecule has 5 heteroatoms. The summed E-state index contributed by atoms with van der Waals surface area (Å²) in [4.78, 5) is 12.4. The maximum absolute atomic E-state index is 14.0. The number of rotatable bonds is 2. The molecular formula is C14H8Br2ClFO. The molecule has 0 atom stereocenters. The van der Waals surface area contributed by atoms with E-state index >= 15 is 0 Å². The second-order valence-corrected chi connectivity index (χ2v) is 6.01. The lowest BCUT2D eigenvalue weighted by molar-refractivity contribution is 0.103. The van der Waals surface area contributed by atoms with Crippen molar-refractivity contribution < 1.29 is 9.18 Å². The minimum Gasteiger partial charge on any atom is -0.288 e. The van der Waals surface area contributed by atoms with Crippen LogP contribution in [0, 0.1) is 12.7 Å². The first-order valence-corrected chi connectivity index (χ1v) is 7.33. The van der Waals surface area contributed by atoms with Gasteiger partial charge in [-0.2, -0.15) is 0 Å². The Bertz CT molecular complexity index is 671. The van der Waals surface area contributed by atoms with Gasteiger partial charge in [-0.15, -0.1) is 0 Å². The first-order chi connectivity index (χ1) is 8.93. The number of benzene rings is 2. The number of aryl methyl sites for hydroxylation is 1. The molecule has 0 unspecified atom stereocenters. The van der Waals surface area contributed by atoms with Crippen molar-refractivity contribution in [2.24, 2.45) is 0 Å². The molecule has 2 aromatic rings. The molecule has 0 saturated carbocycles. The maximum Gasteiger partial charge on any atom is 0.197 e. The molecule has 0 aliphatic heterocycles. The summed E-state index contributed by atoms with van der Waals surface area (Å²) in [5, 5.41) is -0.0883. The van der Waals surface area contributed by atoms with Gasteiger partial charge in [0.1, 0.15) is 0 Å². The van der Waals surface area contributed by atoms with Crippen LogP contribution < -0.4 is 0 Å². The lowest BCUT2D eigenvalue weighted by atomic mass is 10.0. The van der Waals surface area contributed by atoms with Gasteiger partial charge in [0.2, 0.25) is 0 Å². The quantitative estimate of drug-likeness (QED) is 0.473. The molecule has 0 amide bonds. The predicted octanol–water partition coefficient (Wildman–Crippen LogP) is 5.54. The smallest absolute Gasteiger partial charge is 0.197 e. The van der Waals surface area contributed by atoms with E-state index in [1.807, 2.05) is 13.0 Å². The van der Waals surface area contributed by atoms with Gasteiger partial charge in [0.25, 0.3) is 0 Å². The Kier molecular flexibility index (Phi) is 4.43. The first kappa shape index (κ1) is 14.7. The van der Waals surface area contributed by atoms with E-state index in [1.54, 1.807) is 18.2 Å². The molecule has 19 heavy (non-hydrogen) atoms. The van der Waals surface area contributed by atoms with Crippen LogP contribution in [0.1, 0.15) is 21.5 Å². The van der Waals surface area contributed by atoms with Gasteiger partial charge in [-0.3, -0.25) is 4.79 Å². The molecule has 98 valence electrons. The summed E-state index contributed by atoms with van der Waals surface area (Å²) in [6.45, 7) is 1.87. The fraction of sp³-hybridized carbons (Fsp3) is 0.0714. The Labute approximate surface area is 132 Å². The molecule has 0 bridgehead atoms. The van der Waals surface area contributed by atoms with Crippen molar-refractivity contribution >= 4 is 49.2 Å². The minimum absolute atomic E-state index is 0.0421. The molecule has 0 aromatic heterocycles. The van der Waals surface area contributed by atoms with Crippen LogP contribution in [0.3, 0.4) is 0 Å². The van der Waals surface area contributed by atoms with E-state index in [1.165, 1.54) is 6.07 Å². The molecular weight excluding hydrogens is 398 g/mol. The van der Waals surface area contributed by atoms with Crippen molar-refractivity contribution in [1.82, 2.24) is 0 Å². The van der Waals surface area contributed by atoms with Crippen molar-refractivity contribution in [3.05, 3.63) is 66.8 Å². The Morgan fingerprint density at radius 3 is 2.53 bits per heavy atom. The minimum atomic E-state index is -0.713. The van der Waals surface area contributed by atoms with E-state index in [0.717, 1.165) is 5.56 Å². The number of halogens is 4. The molecule has 0 radical (unpaired) electrons. The second kappa shape index (κ2) is 5.73. The van der Waals surface area contributed by atoms with Crippen molar-refractivity contribution in [2.45, 2.75) is 6.92 Å². The van der Waals surface area contributed by atoms with Crippen LogP contribution in [0.15, 0.2) is 39.3 Å². The van der Waals surface area contributed by atoms with E-state index in [2.05, 4.69) is 31.9 Å². The molecule has 0 saturated heterocycles. The average molecular weight is 406 g/mol. The van der Waals surface area contributed by atoms with E-state index < -0.39 is 11.6 Å². The van der Waals surface area contributed by atoms with Gasteiger partial charge < -0.3 is 0 Å². The fourth-order valence-corrected chi connectivity index (χ4v) is 2.58. The molecule has 0 spiro atoms. The monoisotopic (exact) mass is 404 g/mol. The van der Waals surface area contributed by atoms with Crippen LogP contribution in [-0.2, 0) is 0 Å². The third-order valence-electron chi connectivity index (χ3n) is 2.72. The lowest BCUT2D eigenvalue weighted by Gasteiger charge is -2.08. The standard InChI is InChI=1S/C14H8Br2ClFO/c1-7-3-2-4-8(11(7)16)14(19)9-5-6-10(15)12(17)13(9)18/h2-6H,1H3. The number of hydrogen-bond acceptors (Lipinski definition) is 1. The van der Waals surface area contributed by atoms with Gasteiger partial charge in [0, 0.05) is 14.5 Å². The molecule has 0 aliphatic rings. The molecule has 0 N–H and O–H groups in total. The summed E-state index contributed by atoms with van der Waals surface area (Å²) in [5.41, 5.74) is 1.28. The van der Waals surface area contributed by atoms with Crippen molar-refractivity contribution in [3.63, 3.8) is 0 Å². The average Bonchev–Trinajstić information content (AvgIpc) is 2.39. The Hall–Kier alpha value is -0.710. The zero-order chi connectivity index (χ0) is 14.2. The largest absolute Gasteiger partial charge is 0.288 e. The molecule has 0 fully saturated rings. The maximum atomic E-state index is 14.0. The first-order valence-electron chi connectivity index (χ1n) is 5.36. The van der Waals surface area contributed by atoms with Crippen LogP contribution in [0.2, 0.25) is 5.02 Å². The van der Waals surface area contributed by atoms with Crippen LogP contribution in [-0.4, -0.2) is 5.78 Å². The van der Waals surface area contributed by atoms with E-state index in [0.29, 0.717) is 14.5 Å². The number of carbonyl (C=O) groups excluding carboxylic acids is 1. The lowest BCUT2D eigenvalue weighted by Crippen LogP contribution is -2.06. The summed E-state index contributed by atoms with van der Waals surface area (Å²) in [5.74, 6) is -1.11. The number of hydrogen-bond donors (Lipinski definition) is 0. The number of carbonyl (C=O) groups is 1.